The molecule has 2 N–H and O–H groups in total. The van der Waals surface area contributed by atoms with E-state index in [-0.39, 0.29) is 11.7 Å². The maximum atomic E-state index is 12.8. The average molecular weight is 310 g/mol. The minimum Gasteiger partial charge on any atom is -0.355 e. The van der Waals surface area contributed by atoms with Crippen LogP contribution in [0.5, 0.6) is 0 Å². The van der Waals surface area contributed by atoms with Crippen molar-refractivity contribution in [3.8, 4) is 0 Å². The molecule has 0 amide bonds. The molecule has 0 spiro atoms. The number of pyridine rings is 1. The molecule has 0 atom stereocenters. The third-order valence-electron chi connectivity index (χ3n) is 2.73. The fourth-order valence-electron chi connectivity index (χ4n) is 1.78. The Bertz CT molecular complexity index is 416. The molecule has 7 heteroatoms. The third kappa shape index (κ3) is 2.55. The van der Waals surface area contributed by atoms with Crippen molar-refractivity contribution in [3.63, 3.8) is 0 Å². The van der Waals surface area contributed by atoms with E-state index in [1.807, 2.05) is 0 Å². The molecule has 0 unspecified atom stereocenters. The fraction of sp³-hybridized carbons (Fsp3) is 0.500. The summed E-state index contributed by atoms with van der Waals surface area (Å²) in [7, 11) is 0. The van der Waals surface area contributed by atoms with Gasteiger partial charge in [-0.15, -0.1) is 0 Å². The summed E-state index contributed by atoms with van der Waals surface area (Å²) in [6.45, 7) is 1.57. The molecule has 1 saturated heterocycles. The van der Waals surface area contributed by atoms with Gasteiger partial charge in [-0.3, -0.25) is 0 Å². The van der Waals surface area contributed by atoms with E-state index in [1.54, 1.807) is 4.90 Å². The Morgan fingerprint density at radius 3 is 2.65 bits per heavy atom. The van der Waals surface area contributed by atoms with Crippen LogP contribution in [0.3, 0.4) is 0 Å². The lowest BCUT2D eigenvalue weighted by molar-refractivity contribution is -0.137. The van der Waals surface area contributed by atoms with Crippen LogP contribution in [0.25, 0.3) is 0 Å². The van der Waals surface area contributed by atoms with Gasteiger partial charge in [0.25, 0.3) is 0 Å². The Morgan fingerprint density at radius 1 is 1.47 bits per heavy atom. The van der Waals surface area contributed by atoms with Crippen molar-refractivity contribution < 1.29 is 13.2 Å². The van der Waals surface area contributed by atoms with Gasteiger partial charge >= 0.3 is 6.18 Å². The average Bonchev–Trinajstić information content (AvgIpc) is 2.17. The monoisotopic (exact) mass is 309 g/mol. The maximum absolute atomic E-state index is 12.8. The van der Waals surface area contributed by atoms with Crippen molar-refractivity contribution in [1.82, 2.24) is 4.98 Å². The van der Waals surface area contributed by atoms with E-state index in [2.05, 4.69) is 20.9 Å². The number of anilines is 1. The number of halogens is 4. The largest absolute Gasteiger partial charge is 0.419 e. The first-order valence-electron chi connectivity index (χ1n) is 5.09. The van der Waals surface area contributed by atoms with Gasteiger partial charge in [0.2, 0.25) is 0 Å². The summed E-state index contributed by atoms with van der Waals surface area (Å²) in [6, 6.07) is 1.05. The van der Waals surface area contributed by atoms with Gasteiger partial charge in [-0.2, -0.15) is 13.2 Å². The van der Waals surface area contributed by atoms with Crippen LogP contribution in [0.1, 0.15) is 5.56 Å². The number of alkyl halides is 3. The van der Waals surface area contributed by atoms with Crippen LogP contribution in [0.15, 0.2) is 16.7 Å². The summed E-state index contributed by atoms with van der Waals surface area (Å²) in [6.07, 6.45) is -3.01. The summed E-state index contributed by atoms with van der Waals surface area (Å²) in [4.78, 5) is 5.46. The van der Waals surface area contributed by atoms with Crippen molar-refractivity contribution in [2.45, 2.75) is 6.18 Å². The van der Waals surface area contributed by atoms with Crippen LogP contribution in [0.4, 0.5) is 19.0 Å². The second kappa shape index (κ2) is 4.45. The molecule has 1 aliphatic heterocycles. The van der Waals surface area contributed by atoms with Gasteiger partial charge in [-0.25, -0.2) is 4.98 Å². The van der Waals surface area contributed by atoms with Crippen molar-refractivity contribution in [1.29, 1.82) is 0 Å². The van der Waals surface area contributed by atoms with Gasteiger partial charge < -0.3 is 10.6 Å². The molecule has 0 bridgehead atoms. The zero-order chi connectivity index (χ0) is 12.6. The van der Waals surface area contributed by atoms with E-state index in [0.29, 0.717) is 24.1 Å². The first-order valence-corrected chi connectivity index (χ1v) is 5.89. The van der Waals surface area contributed by atoms with Crippen LogP contribution in [-0.4, -0.2) is 24.6 Å². The normalized spacial score (nSPS) is 17.1. The Kier molecular flexibility index (Phi) is 3.31. The summed E-state index contributed by atoms with van der Waals surface area (Å²) in [5, 5.41) is 0. The maximum Gasteiger partial charge on any atom is 0.419 e. The molecule has 0 aromatic carbocycles. The molecule has 0 aliphatic carbocycles. The van der Waals surface area contributed by atoms with Crippen LogP contribution in [-0.2, 0) is 6.18 Å². The van der Waals surface area contributed by atoms with E-state index in [0.717, 1.165) is 6.07 Å². The molecule has 1 aliphatic rings. The molecule has 1 aromatic rings. The lowest BCUT2D eigenvalue weighted by atomic mass is 10.00. The SMILES string of the molecule is NCC1CN(c2ncc(Br)cc2C(F)(F)F)C1. The first-order chi connectivity index (χ1) is 7.91. The molecule has 0 radical (unpaired) electrons. The summed E-state index contributed by atoms with van der Waals surface area (Å²) in [5.74, 6) is 0.256. The predicted molar refractivity (Wildman–Crippen MR) is 61.7 cm³/mol. The van der Waals surface area contributed by atoms with Crippen molar-refractivity contribution >= 4 is 21.7 Å². The summed E-state index contributed by atoms with van der Waals surface area (Å²) < 4.78 is 38.8. The number of nitrogens with zero attached hydrogens (tertiary/aromatic N) is 2. The summed E-state index contributed by atoms with van der Waals surface area (Å²) >= 11 is 3.00. The Hall–Kier alpha value is -0.820. The molecule has 0 saturated carbocycles. The molecule has 1 aromatic heterocycles. The highest BCUT2D eigenvalue weighted by atomic mass is 79.9. The Morgan fingerprint density at radius 2 is 2.12 bits per heavy atom. The molecule has 2 rings (SSSR count). The van der Waals surface area contributed by atoms with Gasteiger partial charge in [0, 0.05) is 29.7 Å². The van der Waals surface area contributed by atoms with E-state index >= 15 is 0 Å². The van der Waals surface area contributed by atoms with Crippen molar-refractivity contribution in [2.75, 3.05) is 24.5 Å². The highest BCUT2D eigenvalue weighted by Gasteiger charge is 2.38. The predicted octanol–water partition coefficient (Wildman–Crippen LogP) is 2.26. The van der Waals surface area contributed by atoms with Gasteiger partial charge in [-0.1, -0.05) is 0 Å². The molecule has 2 heterocycles. The topological polar surface area (TPSA) is 42.1 Å². The fourth-order valence-corrected chi connectivity index (χ4v) is 2.12. The highest BCUT2D eigenvalue weighted by Crippen LogP contribution is 2.38. The van der Waals surface area contributed by atoms with Gasteiger partial charge in [0.1, 0.15) is 5.82 Å². The smallest absolute Gasteiger partial charge is 0.355 e. The minimum absolute atomic E-state index is 0.00889. The lowest BCUT2D eigenvalue weighted by Gasteiger charge is -2.40. The van der Waals surface area contributed by atoms with Crippen molar-refractivity contribution in [2.24, 2.45) is 11.7 Å². The zero-order valence-corrected chi connectivity index (χ0v) is 10.4. The summed E-state index contributed by atoms with van der Waals surface area (Å²) in [5.41, 5.74) is 4.74. The van der Waals surface area contributed by atoms with Crippen LogP contribution < -0.4 is 10.6 Å². The van der Waals surface area contributed by atoms with E-state index in [4.69, 9.17) is 5.73 Å². The zero-order valence-electron chi connectivity index (χ0n) is 8.84. The molecular formula is C10H11BrF3N3. The van der Waals surface area contributed by atoms with Gasteiger partial charge in [0.15, 0.2) is 0 Å². The third-order valence-corrected chi connectivity index (χ3v) is 3.16. The minimum atomic E-state index is -4.39. The first kappa shape index (κ1) is 12.6. The Balaban J connectivity index is 2.28. The second-order valence-corrected chi connectivity index (χ2v) is 4.94. The van der Waals surface area contributed by atoms with Crippen LogP contribution in [0.2, 0.25) is 0 Å². The van der Waals surface area contributed by atoms with Gasteiger partial charge in [-0.05, 0) is 28.5 Å². The lowest BCUT2D eigenvalue weighted by Crippen LogP contribution is -2.50. The standard InChI is InChI=1S/C10H11BrF3N3/c11-7-1-8(10(12,13)14)9(16-3-7)17-4-6(2-15)5-17/h1,3,6H,2,4-5,15H2. The molecule has 17 heavy (non-hydrogen) atoms. The van der Waals surface area contributed by atoms with E-state index < -0.39 is 11.7 Å². The van der Waals surface area contributed by atoms with Crippen LogP contribution in [0, 0.1) is 5.92 Å². The number of hydrogen-bond donors (Lipinski definition) is 1. The van der Waals surface area contributed by atoms with Gasteiger partial charge in [0.05, 0.1) is 5.56 Å². The molecular weight excluding hydrogens is 299 g/mol. The molecule has 3 nitrogen and oxygen atoms in total. The van der Waals surface area contributed by atoms with Crippen molar-refractivity contribution in [3.05, 3.63) is 22.3 Å². The molecule has 1 fully saturated rings. The Labute approximate surface area is 105 Å². The molecule has 94 valence electrons. The number of hydrogen-bond acceptors (Lipinski definition) is 3. The highest BCUT2D eigenvalue weighted by molar-refractivity contribution is 9.10. The number of aromatic nitrogens is 1. The number of rotatable bonds is 2. The second-order valence-electron chi connectivity index (χ2n) is 4.03. The van der Waals surface area contributed by atoms with E-state index in [1.165, 1.54) is 6.20 Å². The van der Waals surface area contributed by atoms with E-state index in [9.17, 15) is 13.2 Å². The quantitative estimate of drug-likeness (QED) is 0.911. The van der Waals surface area contributed by atoms with Crippen LogP contribution >= 0.6 is 15.9 Å². The number of nitrogens with two attached hydrogens (primary N) is 1.